The highest BCUT2D eigenvalue weighted by molar-refractivity contribution is 7.10. The molecule has 0 spiro atoms. The SMILES string of the molecule is O=c1[nH]c(=O)n(-c2ccc(Cl)cc2)c(O)c1C1=NNC(c2cccs2)C1. The molecule has 132 valence electrons. The molecule has 4 rings (SSSR count). The summed E-state index contributed by atoms with van der Waals surface area (Å²) in [5.74, 6) is -0.451. The van der Waals surface area contributed by atoms with Crippen molar-refractivity contribution in [2.24, 2.45) is 5.10 Å². The minimum atomic E-state index is -0.736. The maximum absolute atomic E-state index is 12.3. The summed E-state index contributed by atoms with van der Waals surface area (Å²) < 4.78 is 1.02. The molecule has 3 N–H and O–H groups in total. The van der Waals surface area contributed by atoms with Gasteiger partial charge in [0.05, 0.1) is 17.4 Å². The second-order valence-electron chi connectivity index (χ2n) is 5.73. The van der Waals surface area contributed by atoms with Crippen LogP contribution in [0.3, 0.4) is 0 Å². The standard InChI is InChI=1S/C17H13ClN4O3S/c18-9-3-5-10(6-4-9)22-16(24)14(15(23)19-17(22)25)12-8-11(20-21-12)13-2-1-7-26-13/h1-7,11,20,24H,8H2,(H,19,23,25). The molecular weight excluding hydrogens is 376 g/mol. The lowest BCUT2D eigenvalue weighted by Gasteiger charge is -2.11. The van der Waals surface area contributed by atoms with Crippen LogP contribution in [0, 0.1) is 0 Å². The first-order valence-corrected chi connectivity index (χ1v) is 9.00. The fraction of sp³-hybridized carbons (Fsp3) is 0.118. The molecule has 7 nitrogen and oxygen atoms in total. The van der Waals surface area contributed by atoms with Gasteiger partial charge in [0, 0.05) is 16.3 Å². The Kier molecular flexibility index (Phi) is 4.14. The Labute approximate surface area is 156 Å². The Morgan fingerprint density at radius 1 is 1.23 bits per heavy atom. The maximum atomic E-state index is 12.3. The molecule has 0 radical (unpaired) electrons. The molecular formula is C17H13ClN4O3S. The Bertz CT molecular complexity index is 1100. The van der Waals surface area contributed by atoms with Gasteiger partial charge in [-0.15, -0.1) is 11.3 Å². The molecule has 1 aliphatic rings. The Balaban J connectivity index is 1.78. The first kappa shape index (κ1) is 16.6. The van der Waals surface area contributed by atoms with Crippen molar-refractivity contribution in [3.05, 3.63) is 78.1 Å². The molecule has 3 heterocycles. The summed E-state index contributed by atoms with van der Waals surface area (Å²) in [7, 11) is 0. The van der Waals surface area contributed by atoms with Gasteiger partial charge in [-0.1, -0.05) is 17.7 Å². The van der Waals surface area contributed by atoms with E-state index in [9.17, 15) is 14.7 Å². The Morgan fingerprint density at radius 3 is 2.69 bits per heavy atom. The second kappa shape index (κ2) is 6.47. The normalized spacial score (nSPS) is 16.3. The number of nitrogens with one attached hydrogen (secondary N) is 2. The van der Waals surface area contributed by atoms with E-state index >= 15 is 0 Å². The third kappa shape index (κ3) is 2.83. The molecule has 0 fully saturated rings. The molecule has 0 bridgehead atoms. The van der Waals surface area contributed by atoms with Crippen LogP contribution in [0.25, 0.3) is 5.69 Å². The molecule has 9 heteroatoms. The number of benzene rings is 1. The molecule has 1 unspecified atom stereocenters. The molecule has 0 amide bonds. The van der Waals surface area contributed by atoms with Gasteiger partial charge in [0.1, 0.15) is 5.56 Å². The zero-order valence-corrected chi connectivity index (χ0v) is 14.8. The van der Waals surface area contributed by atoms with Gasteiger partial charge in [0.25, 0.3) is 5.56 Å². The molecule has 1 aliphatic heterocycles. The molecule has 3 aromatic rings. The van der Waals surface area contributed by atoms with Crippen LogP contribution in [-0.2, 0) is 0 Å². The zero-order chi connectivity index (χ0) is 18.3. The monoisotopic (exact) mass is 388 g/mol. The molecule has 0 saturated heterocycles. The fourth-order valence-electron chi connectivity index (χ4n) is 2.87. The van der Waals surface area contributed by atoms with E-state index in [0.29, 0.717) is 22.8 Å². The summed E-state index contributed by atoms with van der Waals surface area (Å²) in [5.41, 5.74) is 2.32. The molecule has 0 saturated carbocycles. The van der Waals surface area contributed by atoms with E-state index < -0.39 is 17.1 Å². The topological polar surface area (TPSA) is 99.5 Å². The van der Waals surface area contributed by atoms with E-state index in [-0.39, 0.29) is 11.6 Å². The smallest absolute Gasteiger partial charge is 0.335 e. The lowest BCUT2D eigenvalue weighted by atomic mass is 10.1. The number of halogens is 1. The second-order valence-corrected chi connectivity index (χ2v) is 7.15. The number of aromatic hydroxyl groups is 1. The van der Waals surface area contributed by atoms with Crippen LogP contribution in [0.5, 0.6) is 5.88 Å². The number of aromatic amines is 1. The number of aromatic nitrogens is 2. The number of nitrogens with zero attached hydrogens (tertiary/aromatic N) is 2. The Morgan fingerprint density at radius 2 is 2.00 bits per heavy atom. The summed E-state index contributed by atoms with van der Waals surface area (Å²) in [6, 6.07) is 10.2. The van der Waals surface area contributed by atoms with Gasteiger partial charge in [-0.05, 0) is 35.7 Å². The number of H-pyrrole nitrogens is 1. The van der Waals surface area contributed by atoms with Crippen molar-refractivity contribution in [2.45, 2.75) is 12.5 Å². The van der Waals surface area contributed by atoms with Gasteiger partial charge < -0.3 is 10.5 Å². The summed E-state index contributed by atoms with van der Waals surface area (Å²) in [6.07, 6.45) is 0.427. The van der Waals surface area contributed by atoms with Crippen molar-refractivity contribution in [3.8, 4) is 11.6 Å². The van der Waals surface area contributed by atoms with Crippen LogP contribution in [0.4, 0.5) is 0 Å². The van der Waals surface area contributed by atoms with Crippen molar-refractivity contribution >= 4 is 28.6 Å². The van der Waals surface area contributed by atoms with Gasteiger partial charge in [-0.3, -0.25) is 9.78 Å². The molecule has 1 atom stereocenters. The molecule has 2 aromatic heterocycles. The Hall–Kier alpha value is -2.84. The summed E-state index contributed by atoms with van der Waals surface area (Å²) in [4.78, 5) is 27.9. The van der Waals surface area contributed by atoms with E-state index in [1.807, 2.05) is 17.5 Å². The average Bonchev–Trinajstić information content (AvgIpc) is 3.27. The van der Waals surface area contributed by atoms with Crippen molar-refractivity contribution in [3.63, 3.8) is 0 Å². The van der Waals surface area contributed by atoms with Gasteiger partial charge in [0.2, 0.25) is 5.88 Å². The number of hydrazone groups is 1. The van der Waals surface area contributed by atoms with Gasteiger partial charge in [-0.2, -0.15) is 5.10 Å². The zero-order valence-electron chi connectivity index (χ0n) is 13.3. The fourth-order valence-corrected chi connectivity index (χ4v) is 3.76. The van der Waals surface area contributed by atoms with Gasteiger partial charge in [0.15, 0.2) is 0 Å². The predicted octanol–water partition coefficient (Wildman–Crippen LogP) is 2.39. The lowest BCUT2D eigenvalue weighted by molar-refractivity contribution is 0.429. The summed E-state index contributed by atoms with van der Waals surface area (Å²) >= 11 is 7.45. The average molecular weight is 389 g/mol. The molecule has 26 heavy (non-hydrogen) atoms. The van der Waals surface area contributed by atoms with Crippen molar-refractivity contribution in [1.82, 2.24) is 15.0 Å². The first-order valence-electron chi connectivity index (χ1n) is 7.74. The van der Waals surface area contributed by atoms with Crippen LogP contribution in [0.1, 0.15) is 22.9 Å². The minimum absolute atomic E-state index is 0.0221. The van der Waals surface area contributed by atoms with Crippen LogP contribution >= 0.6 is 22.9 Å². The quantitative estimate of drug-likeness (QED) is 0.641. The van der Waals surface area contributed by atoms with Crippen LogP contribution in [0.2, 0.25) is 5.02 Å². The van der Waals surface area contributed by atoms with Crippen molar-refractivity contribution in [1.29, 1.82) is 0 Å². The van der Waals surface area contributed by atoms with E-state index in [1.165, 1.54) is 0 Å². The van der Waals surface area contributed by atoms with Gasteiger partial charge >= 0.3 is 5.69 Å². The van der Waals surface area contributed by atoms with E-state index in [2.05, 4.69) is 15.5 Å². The van der Waals surface area contributed by atoms with Crippen molar-refractivity contribution < 1.29 is 5.11 Å². The van der Waals surface area contributed by atoms with Crippen LogP contribution < -0.4 is 16.7 Å². The lowest BCUT2D eigenvalue weighted by Crippen LogP contribution is -2.33. The number of thiophene rings is 1. The number of rotatable bonds is 3. The largest absolute Gasteiger partial charge is 0.493 e. The number of hydrogen-bond acceptors (Lipinski definition) is 6. The maximum Gasteiger partial charge on any atom is 0.335 e. The highest BCUT2D eigenvalue weighted by Gasteiger charge is 2.27. The van der Waals surface area contributed by atoms with Gasteiger partial charge in [-0.25, -0.2) is 9.36 Å². The third-order valence-electron chi connectivity index (χ3n) is 4.10. The minimum Gasteiger partial charge on any atom is -0.493 e. The summed E-state index contributed by atoms with van der Waals surface area (Å²) in [5, 5.41) is 17.3. The van der Waals surface area contributed by atoms with Crippen molar-refractivity contribution in [2.75, 3.05) is 0 Å². The van der Waals surface area contributed by atoms with E-state index in [0.717, 1.165) is 9.44 Å². The number of hydrogen-bond donors (Lipinski definition) is 3. The molecule has 0 aliphatic carbocycles. The predicted molar refractivity (Wildman–Crippen MR) is 101 cm³/mol. The first-order chi connectivity index (χ1) is 12.5. The van der Waals surface area contributed by atoms with E-state index in [1.54, 1.807) is 35.6 Å². The molecule has 1 aromatic carbocycles. The third-order valence-corrected chi connectivity index (χ3v) is 5.34. The van der Waals surface area contributed by atoms with E-state index in [4.69, 9.17) is 11.6 Å². The highest BCUT2D eigenvalue weighted by atomic mass is 35.5. The summed E-state index contributed by atoms with van der Waals surface area (Å²) in [6.45, 7) is 0. The highest BCUT2D eigenvalue weighted by Crippen LogP contribution is 2.29. The van der Waals surface area contributed by atoms with Crippen LogP contribution in [-0.4, -0.2) is 20.4 Å². The van der Waals surface area contributed by atoms with Crippen LogP contribution in [0.15, 0.2) is 56.5 Å².